The van der Waals surface area contributed by atoms with Crippen LogP contribution in [0, 0.1) is 0 Å². The van der Waals surface area contributed by atoms with Crippen molar-refractivity contribution < 1.29 is 4.42 Å². The fourth-order valence-corrected chi connectivity index (χ4v) is 7.58. The molecule has 0 aliphatic heterocycles. The van der Waals surface area contributed by atoms with Gasteiger partial charge in [-0.05, 0) is 57.0 Å². The lowest BCUT2D eigenvalue weighted by Gasteiger charge is -2.48. The van der Waals surface area contributed by atoms with Crippen LogP contribution in [0.5, 0.6) is 0 Å². The van der Waals surface area contributed by atoms with Crippen molar-refractivity contribution in [3.05, 3.63) is 151 Å². The Labute approximate surface area is 286 Å². The van der Waals surface area contributed by atoms with Crippen LogP contribution in [0.25, 0.3) is 78.4 Å². The number of furan rings is 1. The van der Waals surface area contributed by atoms with Crippen LogP contribution >= 0.6 is 0 Å². The minimum absolute atomic E-state index is 0.0717. The second-order valence-corrected chi connectivity index (χ2v) is 14.1. The van der Waals surface area contributed by atoms with Gasteiger partial charge in [-0.3, -0.25) is 0 Å². The average molecular weight is 634 g/mol. The van der Waals surface area contributed by atoms with Crippen molar-refractivity contribution in [2.75, 3.05) is 0 Å². The molecule has 2 heterocycles. The first kappa shape index (κ1) is 29.3. The Morgan fingerprint density at radius 1 is 0.429 bits per heavy atom. The summed E-state index contributed by atoms with van der Waals surface area (Å²) in [6.45, 7) is 9.52. The number of hydrogen-bond acceptors (Lipinski definition) is 4. The van der Waals surface area contributed by atoms with Crippen LogP contribution in [0.15, 0.2) is 144 Å². The summed E-state index contributed by atoms with van der Waals surface area (Å²) in [7, 11) is 0. The van der Waals surface area contributed by atoms with Gasteiger partial charge in [-0.15, -0.1) is 0 Å². The zero-order valence-corrected chi connectivity index (χ0v) is 28.0. The zero-order valence-electron chi connectivity index (χ0n) is 28.0. The summed E-state index contributed by atoms with van der Waals surface area (Å²) < 4.78 is 6.51. The highest BCUT2D eigenvalue weighted by atomic mass is 16.3. The molecule has 9 rings (SSSR count). The minimum atomic E-state index is -0.133. The molecule has 0 amide bonds. The third kappa shape index (κ3) is 4.55. The van der Waals surface area contributed by atoms with Gasteiger partial charge in [-0.25, -0.2) is 15.0 Å². The van der Waals surface area contributed by atoms with Gasteiger partial charge in [0.1, 0.15) is 11.2 Å². The summed E-state index contributed by atoms with van der Waals surface area (Å²) >= 11 is 0. The molecule has 0 saturated carbocycles. The van der Waals surface area contributed by atoms with Crippen LogP contribution in [-0.2, 0) is 10.8 Å². The molecule has 49 heavy (non-hydrogen) atoms. The highest BCUT2D eigenvalue weighted by molar-refractivity contribution is 6.11. The number of fused-ring (bicyclic) bond motifs is 7. The predicted molar refractivity (Wildman–Crippen MR) is 200 cm³/mol. The standard InChI is InChI=1S/C45H35N3O/c1-44(2)36-18-12-11-17-33(36)34-24-26-38-39(40(34)45(44,3)4)35-27-32(23-25-37(35)49-38)28-19-21-31(22-20-28)43-47-41(29-13-7-5-8-14-29)46-42(48-43)30-15-9-6-10-16-30/h5-27H,1-4H3. The van der Waals surface area contributed by atoms with Crippen LogP contribution in [0.1, 0.15) is 38.8 Å². The van der Waals surface area contributed by atoms with Gasteiger partial charge in [0.2, 0.25) is 0 Å². The van der Waals surface area contributed by atoms with E-state index in [-0.39, 0.29) is 10.8 Å². The normalized spacial score (nSPS) is 14.4. The fraction of sp³-hybridized carbons (Fsp3) is 0.133. The number of aromatic nitrogens is 3. The highest BCUT2D eigenvalue weighted by Gasteiger charge is 2.47. The first-order valence-electron chi connectivity index (χ1n) is 16.9. The van der Waals surface area contributed by atoms with Gasteiger partial charge in [0.05, 0.1) is 0 Å². The van der Waals surface area contributed by atoms with Crippen molar-refractivity contribution in [1.82, 2.24) is 15.0 Å². The summed E-state index contributed by atoms with van der Waals surface area (Å²) in [5.74, 6) is 1.96. The lowest BCUT2D eigenvalue weighted by molar-refractivity contribution is 0.301. The van der Waals surface area contributed by atoms with Crippen LogP contribution < -0.4 is 0 Å². The molecule has 0 fully saturated rings. The van der Waals surface area contributed by atoms with Crippen molar-refractivity contribution in [3.63, 3.8) is 0 Å². The van der Waals surface area contributed by atoms with E-state index >= 15 is 0 Å². The Morgan fingerprint density at radius 2 is 0.939 bits per heavy atom. The Kier molecular flexibility index (Phi) is 6.47. The summed E-state index contributed by atoms with van der Waals surface area (Å²) in [5.41, 5.74) is 12.1. The largest absolute Gasteiger partial charge is 0.456 e. The molecule has 0 saturated heterocycles. The van der Waals surface area contributed by atoms with E-state index in [1.807, 2.05) is 60.7 Å². The Balaban J connectivity index is 1.16. The lowest BCUT2D eigenvalue weighted by Crippen LogP contribution is -2.43. The first-order chi connectivity index (χ1) is 23.8. The van der Waals surface area contributed by atoms with Crippen molar-refractivity contribution >= 4 is 21.9 Å². The number of hydrogen-bond donors (Lipinski definition) is 0. The maximum absolute atomic E-state index is 6.51. The van der Waals surface area contributed by atoms with E-state index in [0.29, 0.717) is 17.5 Å². The van der Waals surface area contributed by atoms with E-state index in [0.717, 1.165) is 44.4 Å². The number of rotatable bonds is 4. The predicted octanol–water partition coefficient (Wildman–Crippen LogP) is 11.7. The molecule has 0 N–H and O–H groups in total. The van der Waals surface area contributed by atoms with Gasteiger partial charge in [0.15, 0.2) is 17.5 Å². The Morgan fingerprint density at radius 3 is 1.57 bits per heavy atom. The third-order valence-electron chi connectivity index (χ3n) is 10.9. The number of nitrogens with zero attached hydrogens (tertiary/aromatic N) is 3. The maximum Gasteiger partial charge on any atom is 0.164 e. The molecule has 6 aromatic carbocycles. The van der Waals surface area contributed by atoms with Gasteiger partial charge < -0.3 is 4.42 Å². The van der Waals surface area contributed by atoms with Crippen molar-refractivity contribution in [1.29, 1.82) is 0 Å². The smallest absolute Gasteiger partial charge is 0.164 e. The number of benzene rings is 6. The van der Waals surface area contributed by atoms with Crippen LogP contribution in [-0.4, -0.2) is 15.0 Å². The topological polar surface area (TPSA) is 51.8 Å². The summed E-state index contributed by atoms with van der Waals surface area (Å²) in [6, 6.07) is 48.5. The van der Waals surface area contributed by atoms with Crippen LogP contribution in [0.2, 0.25) is 0 Å². The van der Waals surface area contributed by atoms with Gasteiger partial charge >= 0.3 is 0 Å². The van der Waals surface area contributed by atoms with Crippen molar-refractivity contribution in [3.8, 4) is 56.4 Å². The third-order valence-corrected chi connectivity index (χ3v) is 10.9. The quantitative estimate of drug-likeness (QED) is 0.193. The Hall–Kier alpha value is -5.87. The Bertz CT molecular complexity index is 2470. The zero-order chi connectivity index (χ0) is 33.3. The maximum atomic E-state index is 6.51. The van der Waals surface area contributed by atoms with Crippen molar-refractivity contribution in [2.45, 2.75) is 38.5 Å². The molecule has 0 atom stereocenters. The summed E-state index contributed by atoms with van der Waals surface area (Å²) in [6.07, 6.45) is 0. The monoisotopic (exact) mass is 633 g/mol. The minimum Gasteiger partial charge on any atom is -0.456 e. The first-order valence-corrected chi connectivity index (χ1v) is 16.9. The molecular formula is C45H35N3O. The molecule has 8 aromatic rings. The lowest BCUT2D eigenvalue weighted by atomic mass is 9.55. The molecule has 0 spiro atoms. The van der Waals surface area contributed by atoms with Crippen LogP contribution in [0.3, 0.4) is 0 Å². The summed E-state index contributed by atoms with van der Waals surface area (Å²) in [4.78, 5) is 14.7. The molecule has 4 nitrogen and oxygen atoms in total. The molecule has 0 bridgehead atoms. The van der Waals surface area contributed by atoms with Gasteiger partial charge in [0.25, 0.3) is 0 Å². The van der Waals surface area contributed by atoms with E-state index in [1.165, 1.54) is 27.6 Å². The van der Waals surface area contributed by atoms with E-state index in [4.69, 9.17) is 19.4 Å². The fourth-order valence-electron chi connectivity index (χ4n) is 7.58. The SMILES string of the molecule is CC1(C)c2ccccc2-c2ccc3oc4ccc(-c5ccc(-c6nc(-c7ccccc7)nc(-c7ccccc7)n6)cc5)cc4c3c2C1(C)C. The van der Waals surface area contributed by atoms with E-state index in [2.05, 4.69) is 107 Å². The molecular weight excluding hydrogens is 599 g/mol. The van der Waals surface area contributed by atoms with Gasteiger partial charge in [0, 0.05) is 32.9 Å². The van der Waals surface area contributed by atoms with Crippen molar-refractivity contribution in [2.24, 2.45) is 0 Å². The molecule has 4 heteroatoms. The second kappa shape index (κ2) is 10.8. The second-order valence-electron chi connectivity index (χ2n) is 14.1. The van der Waals surface area contributed by atoms with Gasteiger partial charge in [-0.2, -0.15) is 0 Å². The molecule has 0 unspecified atom stereocenters. The van der Waals surface area contributed by atoms with Crippen LogP contribution in [0.4, 0.5) is 0 Å². The van der Waals surface area contributed by atoms with Gasteiger partial charge in [-0.1, -0.05) is 149 Å². The molecule has 0 radical (unpaired) electrons. The molecule has 236 valence electrons. The van der Waals surface area contributed by atoms with E-state index < -0.39 is 0 Å². The molecule has 1 aliphatic carbocycles. The van der Waals surface area contributed by atoms with E-state index in [1.54, 1.807) is 0 Å². The molecule has 2 aromatic heterocycles. The highest BCUT2D eigenvalue weighted by Crippen LogP contribution is 2.56. The average Bonchev–Trinajstić information content (AvgIpc) is 3.52. The summed E-state index contributed by atoms with van der Waals surface area (Å²) in [5, 5.41) is 2.36. The van der Waals surface area contributed by atoms with E-state index in [9.17, 15) is 0 Å². The molecule has 1 aliphatic rings.